The maximum absolute atomic E-state index is 10.6. The summed E-state index contributed by atoms with van der Waals surface area (Å²) < 4.78 is 6.10. The lowest BCUT2D eigenvalue weighted by atomic mass is 9.80. The van der Waals surface area contributed by atoms with Crippen LogP contribution in [0.4, 0.5) is 0 Å². The van der Waals surface area contributed by atoms with Crippen LogP contribution in [-0.4, -0.2) is 12.2 Å². The Hall–Kier alpha value is -0.540. The molecule has 1 aliphatic carbocycles. The molecule has 1 aromatic carbocycles. The summed E-state index contributed by atoms with van der Waals surface area (Å²) >= 11 is 3.52. The van der Waals surface area contributed by atoms with Crippen LogP contribution in [0.15, 0.2) is 22.7 Å². The van der Waals surface area contributed by atoms with Crippen molar-refractivity contribution >= 4 is 15.9 Å². The molecule has 0 spiro atoms. The van der Waals surface area contributed by atoms with Gasteiger partial charge in [-0.05, 0) is 30.5 Å². The topological polar surface area (TPSA) is 29.5 Å². The molecule has 0 atom stereocenters. The molecular weight excluding hydrogens is 268 g/mol. The molecule has 0 aliphatic heterocycles. The zero-order chi connectivity index (χ0) is 11.6. The SMILES string of the molecule is COc1ccc(C2(O)CCCCC2)c(Br)c1. The second-order valence-corrected chi connectivity index (χ2v) is 5.29. The summed E-state index contributed by atoms with van der Waals surface area (Å²) in [4.78, 5) is 0. The number of methoxy groups -OCH3 is 1. The van der Waals surface area contributed by atoms with Crippen LogP contribution >= 0.6 is 15.9 Å². The smallest absolute Gasteiger partial charge is 0.120 e. The zero-order valence-corrected chi connectivity index (χ0v) is 11.1. The van der Waals surface area contributed by atoms with Gasteiger partial charge in [0.15, 0.2) is 0 Å². The van der Waals surface area contributed by atoms with Crippen molar-refractivity contribution in [3.63, 3.8) is 0 Å². The van der Waals surface area contributed by atoms with Crippen molar-refractivity contribution in [2.24, 2.45) is 0 Å². The molecule has 0 unspecified atom stereocenters. The first-order valence-electron chi connectivity index (χ1n) is 5.72. The first-order chi connectivity index (χ1) is 7.65. The van der Waals surface area contributed by atoms with Gasteiger partial charge >= 0.3 is 0 Å². The minimum absolute atomic E-state index is 0.649. The number of hydrogen-bond acceptors (Lipinski definition) is 2. The molecule has 1 aromatic rings. The largest absolute Gasteiger partial charge is 0.497 e. The molecule has 0 saturated heterocycles. The van der Waals surface area contributed by atoms with Gasteiger partial charge in [-0.2, -0.15) is 0 Å². The molecule has 3 heteroatoms. The molecule has 2 nitrogen and oxygen atoms in total. The molecule has 1 saturated carbocycles. The number of halogens is 1. The van der Waals surface area contributed by atoms with Gasteiger partial charge in [0.2, 0.25) is 0 Å². The summed E-state index contributed by atoms with van der Waals surface area (Å²) in [7, 11) is 1.65. The average molecular weight is 285 g/mol. The van der Waals surface area contributed by atoms with E-state index in [1.165, 1.54) is 6.42 Å². The fourth-order valence-electron chi connectivity index (χ4n) is 2.41. The maximum atomic E-state index is 10.6. The predicted molar refractivity (Wildman–Crippen MR) is 67.7 cm³/mol. The lowest BCUT2D eigenvalue weighted by Crippen LogP contribution is -2.28. The van der Waals surface area contributed by atoms with E-state index in [0.29, 0.717) is 0 Å². The first kappa shape index (κ1) is 11.9. The quantitative estimate of drug-likeness (QED) is 0.899. The molecular formula is C13H17BrO2. The third-order valence-electron chi connectivity index (χ3n) is 3.36. The first-order valence-corrected chi connectivity index (χ1v) is 6.51. The van der Waals surface area contributed by atoms with E-state index in [0.717, 1.165) is 41.5 Å². The van der Waals surface area contributed by atoms with E-state index in [1.807, 2.05) is 18.2 Å². The average Bonchev–Trinajstić information content (AvgIpc) is 2.29. The number of benzene rings is 1. The fourth-order valence-corrected chi connectivity index (χ4v) is 3.13. The molecule has 16 heavy (non-hydrogen) atoms. The second-order valence-electron chi connectivity index (χ2n) is 4.44. The van der Waals surface area contributed by atoms with Crippen molar-refractivity contribution < 1.29 is 9.84 Å². The lowest BCUT2D eigenvalue weighted by molar-refractivity contribution is -0.00131. The number of ether oxygens (including phenoxy) is 1. The third kappa shape index (κ3) is 2.25. The van der Waals surface area contributed by atoms with Crippen molar-refractivity contribution in [2.75, 3.05) is 7.11 Å². The van der Waals surface area contributed by atoms with Gasteiger partial charge in [-0.3, -0.25) is 0 Å². The molecule has 0 amide bonds. The minimum Gasteiger partial charge on any atom is -0.497 e. The van der Waals surface area contributed by atoms with Crippen LogP contribution in [0, 0.1) is 0 Å². The third-order valence-corrected chi connectivity index (χ3v) is 4.01. The van der Waals surface area contributed by atoms with E-state index < -0.39 is 5.60 Å². The van der Waals surface area contributed by atoms with Crippen molar-refractivity contribution in [1.29, 1.82) is 0 Å². The zero-order valence-electron chi connectivity index (χ0n) is 9.50. The van der Waals surface area contributed by atoms with Gasteiger partial charge in [0, 0.05) is 4.47 Å². The van der Waals surface area contributed by atoms with Crippen LogP contribution in [-0.2, 0) is 5.60 Å². The Labute approximate surface area is 105 Å². The van der Waals surface area contributed by atoms with Crippen molar-refractivity contribution in [3.8, 4) is 5.75 Å². The summed E-state index contributed by atoms with van der Waals surface area (Å²) in [5, 5.41) is 10.6. The second kappa shape index (κ2) is 4.76. The Kier molecular flexibility index (Phi) is 3.55. The summed E-state index contributed by atoms with van der Waals surface area (Å²) in [6.45, 7) is 0. The van der Waals surface area contributed by atoms with E-state index in [4.69, 9.17) is 4.74 Å². The van der Waals surface area contributed by atoms with Crippen LogP contribution < -0.4 is 4.74 Å². The molecule has 1 aliphatic rings. The van der Waals surface area contributed by atoms with Gasteiger partial charge in [0.05, 0.1) is 12.7 Å². The molecule has 88 valence electrons. The van der Waals surface area contributed by atoms with Crippen LogP contribution in [0.1, 0.15) is 37.7 Å². The Balaban J connectivity index is 2.32. The fraction of sp³-hybridized carbons (Fsp3) is 0.538. The van der Waals surface area contributed by atoms with Gasteiger partial charge in [-0.25, -0.2) is 0 Å². The molecule has 1 N–H and O–H groups in total. The Morgan fingerprint density at radius 2 is 1.94 bits per heavy atom. The summed E-state index contributed by atoms with van der Waals surface area (Å²) in [6.07, 6.45) is 5.16. The number of aliphatic hydroxyl groups is 1. The normalized spacial score (nSPS) is 19.4. The highest BCUT2D eigenvalue weighted by atomic mass is 79.9. The van der Waals surface area contributed by atoms with Crippen LogP contribution in [0.2, 0.25) is 0 Å². The van der Waals surface area contributed by atoms with Gasteiger partial charge in [0.25, 0.3) is 0 Å². The highest BCUT2D eigenvalue weighted by Crippen LogP contribution is 2.41. The molecule has 0 aromatic heterocycles. The summed E-state index contributed by atoms with van der Waals surface area (Å²) in [5.41, 5.74) is 0.344. The molecule has 2 rings (SSSR count). The standard InChI is InChI=1S/C13H17BrO2/c1-16-10-5-6-11(12(14)9-10)13(15)7-3-2-4-8-13/h5-6,9,15H,2-4,7-8H2,1H3. The summed E-state index contributed by atoms with van der Waals surface area (Å²) in [6, 6.07) is 5.79. The van der Waals surface area contributed by atoms with Gasteiger partial charge in [0.1, 0.15) is 5.75 Å². The van der Waals surface area contributed by atoms with Crippen LogP contribution in [0.3, 0.4) is 0 Å². The monoisotopic (exact) mass is 284 g/mol. The Bertz CT molecular complexity index is 370. The van der Waals surface area contributed by atoms with E-state index >= 15 is 0 Å². The Morgan fingerprint density at radius 1 is 1.25 bits per heavy atom. The van der Waals surface area contributed by atoms with Crippen molar-refractivity contribution in [2.45, 2.75) is 37.7 Å². The van der Waals surface area contributed by atoms with E-state index in [2.05, 4.69) is 15.9 Å². The van der Waals surface area contributed by atoms with E-state index in [-0.39, 0.29) is 0 Å². The highest BCUT2D eigenvalue weighted by Gasteiger charge is 2.32. The van der Waals surface area contributed by atoms with Crippen LogP contribution in [0.5, 0.6) is 5.75 Å². The van der Waals surface area contributed by atoms with Crippen molar-refractivity contribution in [1.82, 2.24) is 0 Å². The molecule has 0 bridgehead atoms. The molecule has 1 fully saturated rings. The van der Waals surface area contributed by atoms with Crippen LogP contribution in [0.25, 0.3) is 0 Å². The van der Waals surface area contributed by atoms with E-state index in [9.17, 15) is 5.11 Å². The predicted octanol–water partition coefficient (Wildman–Crippen LogP) is 3.61. The van der Waals surface area contributed by atoms with Crippen molar-refractivity contribution in [3.05, 3.63) is 28.2 Å². The molecule has 0 heterocycles. The van der Waals surface area contributed by atoms with Gasteiger partial charge in [-0.1, -0.05) is 41.3 Å². The van der Waals surface area contributed by atoms with Gasteiger partial charge < -0.3 is 9.84 Å². The van der Waals surface area contributed by atoms with E-state index in [1.54, 1.807) is 7.11 Å². The Morgan fingerprint density at radius 3 is 2.50 bits per heavy atom. The maximum Gasteiger partial charge on any atom is 0.120 e. The molecule has 0 radical (unpaired) electrons. The highest BCUT2D eigenvalue weighted by molar-refractivity contribution is 9.10. The number of hydrogen-bond donors (Lipinski definition) is 1. The number of rotatable bonds is 2. The lowest BCUT2D eigenvalue weighted by Gasteiger charge is -2.33. The minimum atomic E-state index is -0.649. The van der Waals surface area contributed by atoms with Gasteiger partial charge in [-0.15, -0.1) is 0 Å². The summed E-state index contributed by atoms with van der Waals surface area (Å²) in [5.74, 6) is 0.815.